The normalized spacial score (nSPS) is 31.5. The number of furan rings is 1. The molecule has 6 aromatic carbocycles. The number of aromatic nitrogens is 1. The molecule has 61 heavy (non-hydrogen) atoms. The lowest BCUT2D eigenvalue weighted by Crippen LogP contribution is -2.61. The van der Waals surface area contributed by atoms with E-state index in [0.717, 1.165) is 46.7 Å². The van der Waals surface area contributed by atoms with E-state index in [4.69, 9.17) is 4.42 Å². The van der Waals surface area contributed by atoms with E-state index < -0.39 is 0 Å². The molecule has 296 valence electrons. The molecule has 5 heteroatoms. The van der Waals surface area contributed by atoms with Gasteiger partial charge in [-0.1, -0.05) is 66.4 Å². The Labute approximate surface area is 361 Å². The van der Waals surface area contributed by atoms with Crippen LogP contribution in [0.2, 0.25) is 0 Å². The maximum atomic E-state index is 7.09. The number of nitrogens with zero attached hydrogens (tertiary/aromatic N) is 2. The van der Waals surface area contributed by atoms with Crippen molar-refractivity contribution >= 4 is 84.7 Å². The predicted octanol–water partition coefficient (Wildman–Crippen LogP) is 13.3. The third-order valence-electron chi connectivity index (χ3n) is 18.8. The van der Waals surface area contributed by atoms with Crippen molar-refractivity contribution in [1.82, 2.24) is 4.57 Å². The van der Waals surface area contributed by atoms with Crippen LogP contribution in [0, 0.1) is 35.5 Å². The Morgan fingerprint density at radius 2 is 1.21 bits per heavy atom. The summed E-state index contributed by atoms with van der Waals surface area (Å²) in [6, 6.07) is 41.1. The molecule has 8 saturated carbocycles. The summed E-state index contributed by atoms with van der Waals surface area (Å²) in [6.45, 7) is 0.0223. The molecule has 19 rings (SSSR count). The minimum atomic E-state index is 0.0223. The fraction of sp³-hybridized carbons (Fsp3) is 0.357. The topological polar surface area (TPSA) is 21.3 Å². The molecule has 0 atom stereocenters. The van der Waals surface area contributed by atoms with Gasteiger partial charge >= 0.3 is 6.85 Å². The summed E-state index contributed by atoms with van der Waals surface area (Å²) in [7, 11) is 0. The summed E-state index contributed by atoms with van der Waals surface area (Å²) >= 11 is 1.94. The molecule has 11 aliphatic rings. The van der Waals surface area contributed by atoms with Gasteiger partial charge in [0.05, 0.1) is 16.7 Å². The van der Waals surface area contributed by atoms with Crippen LogP contribution in [-0.2, 0) is 10.8 Å². The van der Waals surface area contributed by atoms with Crippen molar-refractivity contribution in [2.75, 3.05) is 4.81 Å². The van der Waals surface area contributed by atoms with Gasteiger partial charge in [0.1, 0.15) is 11.2 Å². The molecule has 0 amide bonds. The van der Waals surface area contributed by atoms with Crippen molar-refractivity contribution in [2.45, 2.75) is 97.7 Å². The zero-order valence-electron chi connectivity index (χ0n) is 34.6. The van der Waals surface area contributed by atoms with E-state index in [2.05, 4.69) is 113 Å². The highest BCUT2D eigenvalue weighted by atomic mass is 32.2. The molecule has 0 unspecified atom stereocenters. The van der Waals surface area contributed by atoms with E-state index in [1.165, 1.54) is 159 Å². The number of para-hydroxylation sites is 3. The first kappa shape index (κ1) is 32.8. The number of fused-ring (bicyclic) bond motifs is 13. The SMILES string of the molecule is c1ccc2c(c1)Sc1cccc3c1N2B1c2c(cc4c(oc5ccccc54)c2-3)-n2c3ccc(C45CC6CC(CC(C6)C4)C5)cc3c3cc(C45CC6CC(CC(C6)C4)C5)cc1c32. The third kappa shape index (κ3) is 3.97. The largest absolute Gasteiger partial charge is 0.455 e. The first-order chi connectivity index (χ1) is 30.0. The molecule has 2 aromatic heterocycles. The van der Waals surface area contributed by atoms with Gasteiger partial charge in [-0.05, 0) is 194 Å². The highest BCUT2D eigenvalue weighted by Gasteiger charge is 2.55. The van der Waals surface area contributed by atoms with Crippen molar-refractivity contribution in [3.8, 4) is 16.8 Å². The van der Waals surface area contributed by atoms with Crippen LogP contribution in [-0.4, -0.2) is 11.4 Å². The van der Waals surface area contributed by atoms with Crippen LogP contribution in [0.15, 0.2) is 117 Å². The Morgan fingerprint density at radius 3 is 1.97 bits per heavy atom. The van der Waals surface area contributed by atoms with Crippen LogP contribution in [0.5, 0.6) is 0 Å². The van der Waals surface area contributed by atoms with Gasteiger partial charge in [-0.15, -0.1) is 0 Å². The van der Waals surface area contributed by atoms with Crippen molar-refractivity contribution in [1.29, 1.82) is 0 Å². The van der Waals surface area contributed by atoms with Gasteiger partial charge in [0, 0.05) is 53.8 Å². The summed E-state index contributed by atoms with van der Waals surface area (Å²) in [5.41, 5.74) is 18.3. The summed E-state index contributed by atoms with van der Waals surface area (Å²) in [4.78, 5) is 5.48. The van der Waals surface area contributed by atoms with Crippen LogP contribution in [0.3, 0.4) is 0 Å². The van der Waals surface area contributed by atoms with Gasteiger partial charge in [-0.25, -0.2) is 0 Å². The van der Waals surface area contributed by atoms with Crippen LogP contribution < -0.4 is 15.7 Å². The average molecular weight is 807 g/mol. The maximum Gasteiger partial charge on any atom is 0.333 e. The minimum absolute atomic E-state index is 0.0223. The number of anilines is 2. The Kier molecular flexibility index (Phi) is 5.82. The molecule has 5 heterocycles. The molecule has 0 spiro atoms. The Hall–Kier alpha value is -4.87. The standard InChI is InChI=1S/C56H47BN2OS/c1-3-9-47-38(6-1)42-23-46-51-50(54(42)60-47)39-7-5-11-49-53(39)59(45-8-2-4-10-48(45)61-49)57(51)43-22-37(56-27-33-17-34(28-56)19-35(18-33)29-56)21-41-40-20-36(12-13-44(40)58(46)52(41)43)55-24-30-14-31(25-55)16-32(15-30)26-55/h1-13,20-23,30-35H,14-19,24-29H2. The van der Waals surface area contributed by atoms with Gasteiger partial charge in [0.15, 0.2) is 0 Å². The molecule has 8 aliphatic carbocycles. The van der Waals surface area contributed by atoms with Crippen LogP contribution in [0.25, 0.3) is 60.6 Å². The molecular formula is C56H47BN2OS. The second kappa shape index (κ2) is 10.8. The number of benzene rings is 6. The fourth-order valence-corrected chi connectivity index (χ4v) is 18.6. The van der Waals surface area contributed by atoms with Gasteiger partial charge in [0.2, 0.25) is 0 Å². The number of hydrogen-bond acceptors (Lipinski definition) is 3. The van der Waals surface area contributed by atoms with E-state index >= 15 is 0 Å². The fourth-order valence-electron chi connectivity index (χ4n) is 17.5. The average Bonchev–Trinajstić information content (AvgIpc) is 3.80. The van der Waals surface area contributed by atoms with Crippen molar-refractivity contribution in [2.24, 2.45) is 35.5 Å². The van der Waals surface area contributed by atoms with Crippen LogP contribution >= 0.6 is 11.8 Å². The van der Waals surface area contributed by atoms with E-state index in [0.29, 0.717) is 5.41 Å². The van der Waals surface area contributed by atoms with E-state index in [-0.39, 0.29) is 12.3 Å². The molecule has 8 bridgehead atoms. The lowest BCUT2D eigenvalue weighted by Gasteiger charge is -2.57. The Morgan fingerprint density at radius 1 is 0.557 bits per heavy atom. The second-order valence-corrected chi connectivity index (χ2v) is 23.2. The zero-order valence-corrected chi connectivity index (χ0v) is 35.4. The van der Waals surface area contributed by atoms with E-state index in [1.54, 1.807) is 11.1 Å². The van der Waals surface area contributed by atoms with Gasteiger partial charge in [-0.2, -0.15) is 0 Å². The summed E-state index contributed by atoms with van der Waals surface area (Å²) < 4.78 is 9.85. The summed E-state index contributed by atoms with van der Waals surface area (Å²) in [5, 5.41) is 5.44. The zero-order chi connectivity index (χ0) is 39.1. The first-order valence-corrected chi connectivity index (χ1v) is 24.7. The van der Waals surface area contributed by atoms with E-state index in [9.17, 15) is 0 Å². The minimum Gasteiger partial charge on any atom is -0.455 e. The van der Waals surface area contributed by atoms with Crippen molar-refractivity contribution in [3.05, 3.63) is 114 Å². The molecule has 0 N–H and O–H groups in total. The first-order valence-electron chi connectivity index (χ1n) is 23.9. The highest BCUT2D eigenvalue weighted by Crippen LogP contribution is 2.63. The van der Waals surface area contributed by atoms with Crippen molar-refractivity contribution in [3.63, 3.8) is 0 Å². The number of rotatable bonds is 2. The van der Waals surface area contributed by atoms with Crippen LogP contribution in [0.1, 0.15) is 88.2 Å². The number of hydrogen-bond donors (Lipinski definition) is 0. The van der Waals surface area contributed by atoms with Gasteiger partial charge in [0.25, 0.3) is 0 Å². The Balaban J connectivity index is 1.03. The molecule has 3 nitrogen and oxygen atoms in total. The van der Waals surface area contributed by atoms with Gasteiger partial charge < -0.3 is 13.8 Å². The maximum absolute atomic E-state index is 7.09. The molecule has 0 saturated heterocycles. The molecule has 8 fully saturated rings. The highest BCUT2D eigenvalue weighted by molar-refractivity contribution is 7.99. The predicted molar refractivity (Wildman–Crippen MR) is 251 cm³/mol. The monoisotopic (exact) mass is 806 g/mol. The second-order valence-electron chi connectivity index (χ2n) is 22.1. The smallest absolute Gasteiger partial charge is 0.333 e. The summed E-state index contributed by atoms with van der Waals surface area (Å²) in [5.74, 6) is 5.47. The summed E-state index contributed by atoms with van der Waals surface area (Å²) in [6.07, 6.45) is 17.2. The molecule has 0 radical (unpaired) electrons. The third-order valence-corrected chi connectivity index (χ3v) is 19.9. The van der Waals surface area contributed by atoms with Crippen LogP contribution in [0.4, 0.5) is 11.4 Å². The van der Waals surface area contributed by atoms with Gasteiger partial charge in [-0.3, -0.25) is 0 Å². The molecule has 8 aromatic rings. The molecular weight excluding hydrogens is 760 g/mol. The quantitative estimate of drug-likeness (QED) is 0.162. The lowest BCUT2D eigenvalue weighted by molar-refractivity contribution is -0.00526. The Bertz CT molecular complexity index is 3280. The van der Waals surface area contributed by atoms with E-state index in [1.807, 2.05) is 11.8 Å². The lowest BCUT2D eigenvalue weighted by atomic mass is 9.42. The molecule has 3 aliphatic heterocycles. The van der Waals surface area contributed by atoms with Crippen molar-refractivity contribution < 1.29 is 4.42 Å².